The van der Waals surface area contributed by atoms with Crippen molar-refractivity contribution in [3.05, 3.63) is 54.0 Å². The lowest BCUT2D eigenvalue weighted by molar-refractivity contribution is -0.121. The Morgan fingerprint density at radius 2 is 1.64 bits per heavy atom. The SMILES string of the molecule is O=C(NC1CC1)c1ccc(NC(=O)C2CCN(C(=O)c3ccoc3)CC2)cc1. The zero-order valence-corrected chi connectivity index (χ0v) is 15.5. The maximum absolute atomic E-state index is 12.5. The monoisotopic (exact) mass is 381 g/mol. The van der Waals surface area contributed by atoms with Gasteiger partial charge in [0.05, 0.1) is 11.8 Å². The van der Waals surface area contributed by atoms with Gasteiger partial charge in [0, 0.05) is 36.3 Å². The van der Waals surface area contributed by atoms with Crippen LogP contribution in [0, 0.1) is 5.92 Å². The Balaban J connectivity index is 1.27. The lowest BCUT2D eigenvalue weighted by atomic mass is 9.95. The van der Waals surface area contributed by atoms with Crippen LogP contribution in [0.25, 0.3) is 0 Å². The van der Waals surface area contributed by atoms with Crippen LogP contribution in [0.15, 0.2) is 47.3 Å². The van der Waals surface area contributed by atoms with Gasteiger partial charge in [-0.25, -0.2) is 0 Å². The molecule has 1 saturated carbocycles. The number of furan rings is 1. The number of carbonyl (C=O) groups excluding carboxylic acids is 3. The predicted molar refractivity (Wildman–Crippen MR) is 103 cm³/mol. The lowest BCUT2D eigenvalue weighted by Gasteiger charge is -2.31. The van der Waals surface area contributed by atoms with E-state index in [1.54, 1.807) is 35.2 Å². The molecule has 0 bridgehead atoms. The number of nitrogens with one attached hydrogen (secondary N) is 2. The van der Waals surface area contributed by atoms with Crippen LogP contribution in [0.4, 0.5) is 5.69 Å². The maximum atomic E-state index is 12.5. The van der Waals surface area contributed by atoms with Gasteiger partial charge in [0.15, 0.2) is 0 Å². The first-order valence-corrected chi connectivity index (χ1v) is 9.63. The van der Waals surface area contributed by atoms with Crippen molar-refractivity contribution < 1.29 is 18.8 Å². The highest BCUT2D eigenvalue weighted by atomic mass is 16.3. The highest BCUT2D eigenvalue weighted by molar-refractivity contribution is 5.97. The van der Waals surface area contributed by atoms with E-state index < -0.39 is 0 Å². The van der Waals surface area contributed by atoms with Crippen molar-refractivity contribution in [3.63, 3.8) is 0 Å². The van der Waals surface area contributed by atoms with Gasteiger partial charge < -0.3 is 20.0 Å². The molecule has 2 heterocycles. The normalized spacial score (nSPS) is 17.2. The number of piperidine rings is 1. The average molecular weight is 381 g/mol. The standard InChI is InChI=1S/C21H23N3O4/c25-19(23-18-5-6-18)14-1-3-17(4-2-14)22-20(26)15-7-10-24(11-8-15)21(27)16-9-12-28-13-16/h1-4,9,12-13,15,18H,5-8,10-11H2,(H,22,26)(H,23,25). The van der Waals surface area contributed by atoms with Gasteiger partial charge in [-0.15, -0.1) is 0 Å². The lowest BCUT2D eigenvalue weighted by Crippen LogP contribution is -2.41. The van der Waals surface area contributed by atoms with Crippen molar-refractivity contribution in [2.75, 3.05) is 18.4 Å². The molecule has 0 radical (unpaired) electrons. The molecule has 3 amide bonds. The van der Waals surface area contributed by atoms with Crippen molar-refractivity contribution >= 4 is 23.4 Å². The molecule has 0 unspecified atom stereocenters. The zero-order chi connectivity index (χ0) is 19.5. The highest BCUT2D eigenvalue weighted by Gasteiger charge is 2.28. The van der Waals surface area contributed by atoms with Crippen molar-refractivity contribution in [2.24, 2.45) is 5.92 Å². The molecule has 7 heteroatoms. The molecule has 2 aliphatic rings. The van der Waals surface area contributed by atoms with E-state index in [1.165, 1.54) is 12.5 Å². The summed E-state index contributed by atoms with van der Waals surface area (Å²) in [6.07, 6.45) is 6.26. The van der Waals surface area contributed by atoms with Crippen molar-refractivity contribution in [1.82, 2.24) is 10.2 Å². The van der Waals surface area contributed by atoms with Gasteiger partial charge in [0.25, 0.3) is 11.8 Å². The topological polar surface area (TPSA) is 91.7 Å². The first-order chi connectivity index (χ1) is 13.6. The van der Waals surface area contributed by atoms with Crippen LogP contribution in [-0.2, 0) is 4.79 Å². The van der Waals surface area contributed by atoms with E-state index in [1.807, 2.05) is 0 Å². The molecule has 1 aromatic carbocycles. The molecule has 28 heavy (non-hydrogen) atoms. The Kier molecular flexibility index (Phi) is 5.14. The quantitative estimate of drug-likeness (QED) is 0.833. The van der Waals surface area contributed by atoms with Crippen LogP contribution in [0.3, 0.4) is 0 Å². The Hall–Kier alpha value is -3.09. The molecule has 1 saturated heterocycles. The number of hydrogen-bond acceptors (Lipinski definition) is 4. The molecule has 2 aromatic rings. The molecule has 0 atom stereocenters. The molecule has 146 valence electrons. The smallest absolute Gasteiger partial charge is 0.257 e. The highest BCUT2D eigenvalue weighted by Crippen LogP contribution is 2.22. The second kappa shape index (κ2) is 7.88. The van der Waals surface area contributed by atoms with Gasteiger partial charge in [-0.2, -0.15) is 0 Å². The minimum atomic E-state index is -0.133. The van der Waals surface area contributed by atoms with Gasteiger partial charge in [0.1, 0.15) is 6.26 Å². The second-order valence-corrected chi connectivity index (χ2v) is 7.39. The van der Waals surface area contributed by atoms with E-state index in [0.717, 1.165) is 12.8 Å². The summed E-state index contributed by atoms with van der Waals surface area (Å²) >= 11 is 0. The van der Waals surface area contributed by atoms with E-state index in [4.69, 9.17) is 4.42 Å². The van der Waals surface area contributed by atoms with Crippen molar-refractivity contribution in [3.8, 4) is 0 Å². The maximum Gasteiger partial charge on any atom is 0.257 e. The van der Waals surface area contributed by atoms with Crippen LogP contribution in [0.1, 0.15) is 46.4 Å². The Morgan fingerprint density at radius 1 is 0.929 bits per heavy atom. The fraction of sp³-hybridized carbons (Fsp3) is 0.381. The van der Waals surface area contributed by atoms with E-state index in [-0.39, 0.29) is 23.6 Å². The first kappa shape index (κ1) is 18.3. The summed E-state index contributed by atoms with van der Waals surface area (Å²) < 4.78 is 4.96. The van der Waals surface area contributed by atoms with E-state index in [2.05, 4.69) is 10.6 Å². The summed E-state index contributed by atoms with van der Waals surface area (Å²) in [6, 6.07) is 8.90. The number of nitrogens with zero attached hydrogens (tertiary/aromatic N) is 1. The molecule has 2 N–H and O–H groups in total. The van der Waals surface area contributed by atoms with E-state index in [9.17, 15) is 14.4 Å². The van der Waals surface area contributed by atoms with Gasteiger partial charge in [-0.3, -0.25) is 14.4 Å². The number of hydrogen-bond donors (Lipinski definition) is 2. The summed E-state index contributed by atoms with van der Waals surface area (Å²) in [5, 5.41) is 5.85. The number of rotatable bonds is 5. The summed E-state index contributed by atoms with van der Waals surface area (Å²) in [5.74, 6) is -0.320. The van der Waals surface area contributed by atoms with Crippen LogP contribution in [0.2, 0.25) is 0 Å². The first-order valence-electron chi connectivity index (χ1n) is 9.63. The number of benzene rings is 1. The van der Waals surface area contributed by atoms with Crippen LogP contribution in [-0.4, -0.2) is 41.8 Å². The summed E-state index contributed by atoms with van der Waals surface area (Å²) in [6.45, 7) is 1.09. The van der Waals surface area contributed by atoms with Gasteiger partial charge >= 0.3 is 0 Å². The molecular formula is C21H23N3O4. The zero-order valence-electron chi connectivity index (χ0n) is 15.5. The summed E-state index contributed by atoms with van der Waals surface area (Å²) in [7, 11) is 0. The minimum absolute atomic E-state index is 0.0504. The van der Waals surface area contributed by atoms with E-state index in [0.29, 0.717) is 48.8 Å². The summed E-state index contributed by atoms with van der Waals surface area (Å²) in [4.78, 5) is 38.6. The molecular weight excluding hydrogens is 358 g/mol. The third kappa shape index (κ3) is 4.24. The number of amides is 3. The molecule has 7 nitrogen and oxygen atoms in total. The number of likely N-dealkylation sites (tertiary alicyclic amines) is 1. The van der Waals surface area contributed by atoms with Crippen LogP contribution >= 0.6 is 0 Å². The Bertz CT molecular complexity index is 848. The van der Waals surface area contributed by atoms with Crippen molar-refractivity contribution in [1.29, 1.82) is 0 Å². The fourth-order valence-corrected chi connectivity index (χ4v) is 3.36. The Labute approximate surface area is 163 Å². The molecule has 0 spiro atoms. The van der Waals surface area contributed by atoms with Gasteiger partial charge in [-0.05, 0) is 56.0 Å². The predicted octanol–water partition coefficient (Wildman–Crippen LogP) is 2.66. The third-order valence-electron chi connectivity index (χ3n) is 5.25. The molecule has 4 rings (SSSR count). The summed E-state index contributed by atoms with van der Waals surface area (Å²) in [5.41, 5.74) is 1.80. The average Bonchev–Trinajstić information content (AvgIpc) is 3.36. The molecule has 1 aliphatic heterocycles. The third-order valence-corrected chi connectivity index (χ3v) is 5.25. The largest absolute Gasteiger partial charge is 0.472 e. The molecule has 2 fully saturated rings. The Morgan fingerprint density at radius 3 is 2.25 bits per heavy atom. The number of carbonyl (C=O) groups is 3. The molecule has 1 aliphatic carbocycles. The van der Waals surface area contributed by atoms with E-state index >= 15 is 0 Å². The van der Waals surface area contributed by atoms with Crippen LogP contribution < -0.4 is 10.6 Å². The fourth-order valence-electron chi connectivity index (χ4n) is 3.36. The van der Waals surface area contributed by atoms with Crippen molar-refractivity contribution in [2.45, 2.75) is 31.7 Å². The van der Waals surface area contributed by atoms with Gasteiger partial charge in [-0.1, -0.05) is 0 Å². The van der Waals surface area contributed by atoms with Gasteiger partial charge in [0.2, 0.25) is 5.91 Å². The molecule has 1 aromatic heterocycles. The van der Waals surface area contributed by atoms with Crippen LogP contribution in [0.5, 0.6) is 0 Å². The second-order valence-electron chi connectivity index (χ2n) is 7.39. The number of anilines is 1. The minimum Gasteiger partial charge on any atom is -0.472 e.